The number of benzene rings is 2. The molecule has 1 aliphatic heterocycles. The summed E-state index contributed by atoms with van der Waals surface area (Å²) >= 11 is 0. The van der Waals surface area contributed by atoms with Crippen molar-refractivity contribution in [2.24, 2.45) is 0 Å². The molecule has 0 radical (unpaired) electrons. The molecule has 1 heterocycles. The van der Waals surface area contributed by atoms with Crippen molar-refractivity contribution in [2.75, 3.05) is 0 Å². The maximum Gasteiger partial charge on any atom is 0.161 e. The van der Waals surface area contributed by atoms with Crippen molar-refractivity contribution >= 4 is 0 Å². The van der Waals surface area contributed by atoms with Crippen molar-refractivity contribution in [3.63, 3.8) is 0 Å². The van der Waals surface area contributed by atoms with Gasteiger partial charge in [-0.3, -0.25) is 0 Å². The highest BCUT2D eigenvalue weighted by Gasteiger charge is 2.41. The second-order valence-corrected chi connectivity index (χ2v) is 5.02. The molecule has 6 heteroatoms. The average molecular weight is 290 g/mol. The Morgan fingerprint density at radius 1 is 0.857 bits per heavy atom. The average Bonchev–Trinajstić information content (AvgIpc) is 3.18. The van der Waals surface area contributed by atoms with Crippen LogP contribution >= 0.6 is 0 Å². The molecule has 0 aromatic heterocycles. The van der Waals surface area contributed by atoms with E-state index in [2.05, 4.69) is 0 Å². The molecule has 2 aromatic rings. The van der Waals surface area contributed by atoms with E-state index in [1.807, 2.05) is 0 Å². The summed E-state index contributed by atoms with van der Waals surface area (Å²) in [5.74, 6) is -1.23. The van der Waals surface area contributed by atoms with Crippen LogP contribution in [0.2, 0.25) is 0 Å². The van der Waals surface area contributed by atoms with Gasteiger partial charge in [0.2, 0.25) is 0 Å². The summed E-state index contributed by atoms with van der Waals surface area (Å²) < 4.78 is 5.47. The number of hydrogen-bond acceptors (Lipinski definition) is 6. The van der Waals surface area contributed by atoms with Gasteiger partial charge in [-0.1, -0.05) is 6.07 Å². The Hall–Kier alpha value is -2.60. The molecule has 1 saturated heterocycles. The molecule has 2 atom stereocenters. The van der Waals surface area contributed by atoms with Gasteiger partial charge in [0.15, 0.2) is 23.0 Å². The van der Waals surface area contributed by atoms with E-state index >= 15 is 0 Å². The van der Waals surface area contributed by atoms with Crippen molar-refractivity contribution in [3.05, 3.63) is 41.5 Å². The summed E-state index contributed by atoms with van der Waals surface area (Å²) in [6.07, 6.45) is -0.193. The molecule has 1 aliphatic rings. The minimum atomic E-state index is -0.385. The molecule has 0 aliphatic carbocycles. The van der Waals surface area contributed by atoms with Crippen LogP contribution in [-0.2, 0) is 11.2 Å². The summed E-state index contributed by atoms with van der Waals surface area (Å²) in [6.45, 7) is 0. The Balaban J connectivity index is 1.76. The number of hydrogen-bond donors (Lipinski definition) is 5. The van der Waals surface area contributed by atoms with Gasteiger partial charge in [-0.15, -0.1) is 0 Å². The van der Waals surface area contributed by atoms with E-state index in [1.54, 1.807) is 6.07 Å². The fourth-order valence-electron chi connectivity index (χ4n) is 2.34. The third-order valence-electron chi connectivity index (χ3n) is 3.49. The fourth-order valence-corrected chi connectivity index (χ4v) is 2.34. The molecule has 3 rings (SSSR count). The smallest absolute Gasteiger partial charge is 0.161 e. The maximum absolute atomic E-state index is 9.75. The first-order valence-corrected chi connectivity index (χ1v) is 6.37. The maximum atomic E-state index is 9.75. The number of epoxide rings is 1. The molecule has 2 aromatic carbocycles. The third kappa shape index (κ3) is 2.53. The van der Waals surface area contributed by atoms with Gasteiger partial charge < -0.3 is 30.3 Å². The van der Waals surface area contributed by atoms with E-state index in [0.717, 1.165) is 6.07 Å². The van der Waals surface area contributed by atoms with Crippen molar-refractivity contribution in [2.45, 2.75) is 18.6 Å². The third-order valence-corrected chi connectivity index (χ3v) is 3.49. The lowest BCUT2D eigenvalue weighted by Gasteiger charge is -2.06. The Labute approximate surface area is 120 Å². The summed E-state index contributed by atoms with van der Waals surface area (Å²) in [5.41, 5.74) is 1.09. The minimum Gasteiger partial charge on any atom is -0.508 e. The van der Waals surface area contributed by atoms with E-state index in [1.165, 1.54) is 18.2 Å². The number of phenols is 5. The van der Waals surface area contributed by atoms with Gasteiger partial charge in [-0.2, -0.15) is 0 Å². The van der Waals surface area contributed by atoms with Gasteiger partial charge in [-0.25, -0.2) is 0 Å². The van der Waals surface area contributed by atoms with Gasteiger partial charge in [-0.05, 0) is 23.8 Å². The molecular formula is C15H14O6. The van der Waals surface area contributed by atoms with E-state index in [4.69, 9.17) is 4.74 Å². The predicted molar refractivity (Wildman–Crippen MR) is 72.5 cm³/mol. The molecule has 0 spiro atoms. The van der Waals surface area contributed by atoms with Crippen LogP contribution in [0.3, 0.4) is 0 Å². The summed E-state index contributed by atoms with van der Waals surface area (Å²) in [6, 6.07) is 6.85. The monoisotopic (exact) mass is 290 g/mol. The van der Waals surface area contributed by atoms with Crippen LogP contribution in [0.1, 0.15) is 17.2 Å². The summed E-state index contributed by atoms with van der Waals surface area (Å²) in [7, 11) is 0. The summed E-state index contributed by atoms with van der Waals surface area (Å²) in [4.78, 5) is 0. The number of ether oxygens (including phenoxy) is 1. The largest absolute Gasteiger partial charge is 0.508 e. The van der Waals surface area contributed by atoms with E-state index in [9.17, 15) is 25.5 Å². The minimum absolute atomic E-state index is 0.139. The van der Waals surface area contributed by atoms with Crippen LogP contribution in [0.25, 0.3) is 0 Å². The zero-order valence-corrected chi connectivity index (χ0v) is 10.9. The molecule has 0 amide bonds. The molecule has 1 fully saturated rings. The SMILES string of the molecule is Oc1cc(O)c(O)c(C[C@@H]2O[C@@H]2c2ccc(O)c(O)c2)c1. The van der Waals surface area contributed by atoms with Gasteiger partial charge in [0.1, 0.15) is 11.9 Å². The highest BCUT2D eigenvalue weighted by Crippen LogP contribution is 2.45. The molecule has 21 heavy (non-hydrogen) atoms. The molecular weight excluding hydrogens is 276 g/mol. The van der Waals surface area contributed by atoms with E-state index < -0.39 is 0 Å². The van der Waals surface area contributed by atoms with Crippen LogP contribution in [0.15, 0.2) is 30.3 Å². The normalized spacial score (nSPS) is 20.4. The van der Waals surface area contributed by atoms with Crippen molar-refractivity contribution in [3.8, 4) is 28.7 Å². The van der Waals surface area contributed by atoms with Crippen LogP contribution in [0.4, 0.5) is 0 Å². The Bertz CT molecular complexity index is 697. The quantitative estimate of drug-likeness (QED) is 0.335. The first-order chi connectivity index (χ1) is 9.95. The Morgan fingerprint density at radius 3 is 2.33 bits per heavy atom. The molecule has 0 unspecified atom stereocenters. The molecule has 110 valence electrons. The van der Waals surface area contributed by atoms with Crippen molar-refractivity contribution < 1.29 is 30.3 Å². The van der Waals surface area contributed by atoms with Gasteiger partial charge in [0.25, 0.3) is 0 Å². The summed E-state index contributed by atoms with van der Waals surface area (Å²) in [5, 5.41) is 47.4. The van der Waals surface area contributed by atoms with Crippen LogP contribution in [-0.4, -0.2) is 31.6 Å². The highest BCUT2D eigenvalue weighted by atomic mass is 16.6. The highest BCUT2D eigenvalue weighted by molar-refractivity contribution is 5.50. The lowest BCUT2D eigenvalue weighted by Crippen LogP contribution is -1.96. The van der Waals surface area contributed by atoms with E-state index in [-0.39, 0.29) is 41.0 Å². The molecule has 5 N–H and O–H groups in total. The zero-order chi connectivity index (χ0) is 15.1. The van der Waals surface area contributed by atoms with Gasteiger partial charge in [0.05, 0.1) is 6.10 Å². The second-order valence-electron chi connectivity index (χ2n) is 5.02. The zero-order valence-electron chi connectivity index (χ0n) is 10.9. The van der Waals surface area contributed by atoms with Crippen LogP contribution < -0.4 is 0 Å². The topological polar surface area (TPSA) is 114 Å². The van der Waals surface area contributed by atoms with Crippen LogP contribution in [0.5, 0.6) is 28.7 Å². The van der Waals surface area contributed by atoms with Crippen molar-refractivity contribution in [1.82, 2.24) is 0 Å². The van der Waals surface area contributed by atoms with Crippen molar-refractivity contribution in [1.29, 1.82) is 0 Å². The lowest BCUT2D eigenvalue weighted by molar-refractivity contribution is 0.364. The Kier molecular flexibility index (Phi) is 3.03. The first-order valence-electron chi connectivity index (χ1n) is 6.37. The first kappa shape index (κ1) is 13.4. The molecule has 0 saturated carbocycles. The van der Waals surface area contributed by atoms with Crippen LogP contribution in [0, 0.1) is 0 Å². The standard InChI is InChI=1S/C15H14O6/c16-9-3-8(14(20)12(19)6-9)5-13-15(21-13)7-1-2-10(17)11(18)4-7/h1-4,6,13,15-20H,5H2/t13-,15+/m0/s1. The number of rotatable bonds is 3. The number of aromatic hydroxyl groups is 5. The second kappa shape index (κ2) is 4.75. The molecule has 0 bridgehead atoms. The predicted octanol–water partition coefficient (Wildman–Crippen LogP) is 1.90. The van der Waals surface area contributed by atoms with Gasteiger partial charge >= 0.3 is 0 Å². The lowest BCUT2D eigenvalue weighted by atomic mass is 10.0. The number of phenolic OH excluding ortho intramolecular Hbond substituents is 5. The fraction of sp³-hybridized carbons (Fsp3) is 0.200. The van der Waals surface area contributed by atoms with Gasteiger partial charge in [0, 0.05) is 18.1 Å². The van der Waals surface area contributed by atoms with E-state index in [0.29, 0.717) is 17.5 Å². The Morgan fingerprint density at radius 2 is 1.62 bits per heavy atom. The molecule has 6 nitrogen and oxygen atoms in total.